The van der Waals surface area contributed by atoms with E-state index in [0.29, 0.717) is 23.7 Å². The Morgan fingerprint density at radius 3 is 2.67 bits per heavy atom. The van der Waals surface area contributed by atoms with Crippen molar-refractivity contribution in [1.29, 1.82) is 0 Å². The fourth-order valence-corrected chi connectivity index (χ4v) is 3.89. The molecule has 2 aliphatic carbocycles. The average molecular weight is 281 g/mol. The summed E-state index contributed by atoms with van der Waals surface area (Å²) in [6.45, 7) is 0.958. The molecule has 3 aliphatic rings. The lowest BCUT2D eigenvalue weighted by Crippen LogP contribution is -2.22. The molecule has 0 unspecified atom stereocenters. The molecular weight excluding hydrogens is 262 g/mol. The Hall–Kier alpha value is -2.00. The van der Waals surface area contributed by atoms with Crippen LogP contribution in [0.15, 0.2) is 64.6 Å². The molecule has 0 bridgehead atoms. The van der Waals surface area contributed by atoms with E-state index in [1.807, 2.05) is 24.3 Å². The highest BCUT2D eigenvalue weighted by Gasteiger charge is 2.38. The van der Waals surface area contributed by atoms with Crippen molar-refractivity contribution in [3.63, 3.8) is 0 Å². The van der Waals surface area contributed by atoms with Crippen molar-refractivity contribution >= 4 is 0 Å². The van der Waals surface area contributed by atoms with Crippen LogP contribution in [0.3, 0.4) is 0 Å². The fraction of sp³-hybridized carbons (Fsp3) is 0.333. The van der Waals surface area contributed by atoms with Gasteiger partial charge in [0.2, 0.25) is 0 Å². The molecule has 4 rings (SSSR count). The molecule has 0 saturated heterocycles. The molecule has 0 fully saturated rings. The SMILES string of the molecule is OC1=CC2=C3C1=C(O)CC[C@H]3CCN[C@@H]2c1ccccc1. The van der Waals surface area contributed by atoms with Gasteiger partial charge < -0.3 is 15.5 Å². The third-order valence-electron chi connectivity index (χ3n) is 4.84. The van der Waals surface area contributed by atoms with Gasteiger partial charge in [0.05, 0.1) is 11.6 Å². The van der Waals surface area contributed by atoms with Crippen molar-refractivity contribution < 1.29 is 10.2 Å². The number of aliphatic hydroxyl groups is 2. The van der Waals surface area contributed by atoms with Crippen LogP contribution in [0, 0.1) is 5.92 Å². The fourth-order valence-electron chi connectivity index (χ4n) is 3.89. The molecule has 1 aliphatic heterocycles. The van der Waals surface area contributed by atoms with Crippen molar-refractivity contribution in [3.8, 4) is 0 Å². The van der Waals surface area contributed by atoms with Crippen LogP contribution in [0.1, 0.15) is 30.9 Å². The minimum atomic E-state index is 0.0942. The van der Waals surface area contributed by atoms with Crippen LogP contribution >= 0.6 is 0 Å². The van der Waals surface area contributed by atoms with Gasteiger partial charge in [0.25, 0.3) is 0 Å². The van der Waals surface area contributed by atoms with Gasteiger partial charge in [0.1, 0.15) is 11.5 Å². The van der Waals surface area contributed by atoms with Crippen LogP contribution in [0.4, 0.5) is 0 Å². The lowest BCUT2D eigenvalue weighted by Gasteiger charge is -2.25. The van der Waals surface area contributed by atoms with Gasteiger partial charge in [-0.1, -0.05) is 30.3 Å². The van der Waals surface area contributed by atoms with Crippen LogP contribution in [-0.2, 0) is 0 Å². The van der Waals surface area contributed by atoms with Gasteiger partial charge in [-0.05, 0) is 48.1 Å². The maximum atomic E-state index is 10.3. The molecule has 0 saturated carbocycles. The Balaban J connectivity index is 1.88. The van der Waals surface area contributed by atoms with E-state index < -0.39 is 0 Å². The minimum Gasteiger partial charge on any atom is -0.512 e. The summed E-state index contributed by atoms with van der Waals surface area (Å²) in [5.41, 5.74) is 4.19. The Morgan fingerprint density at radius 2 is 1.86 bits per heavy atom. The highest BCUT2D eigenvalue weighted by Crippen LogP contribution is 2.48. The lowest BCUT2D eigenvalue weighted by atomic mass is 9.80. The highest BCUT2D eigenvalue weighted by molar-refractivity contribution is 5.62. The summed E-state index contributed by atoms with van der Waals surface area (Å²) < 4.78 is 0. The molecule has 1 aromatic rings. The zero-order valence-electron chi connectivity index (χ0n) is 11.8. The van der Waals surface area contributed by atoms with E-state index in [1.54, 1.807) is 0 Å². The summed E-state index contributed by atoms with van der Waals surface area (Å²) >= 11 is 0. The topological polar surface area (TPSA) is 52.5 Å². The molecule has 0 radical (unpaired) electrons. The van der Waals surface area contributed by atoms with Crippen molar-refractivity contribution in [2.45, 2.75) is 25.3 Å². The first-order chi connectivity index (χ1) is 10.3. The molecule has 2 atom stereocenters. The van der Waals surface area contributed by atoms with Gasteiger partial charge in [-0.15, -0.1) is 0 Å². The van der Waals surface area contributed by atoms with Gasteiger partial charge in [0, 0.05) is 6.42 Å². The van der Waals surface area contributed by atoms with Crippen molar-refractivity contribution in [3.05, 3.63) is 70.2 Å². The number of hydrogen-bond donors (Lipinski definition) is 3. The largest absolute Gasteiger partial charge is 0.512 e. The third kappa shape index (κ3) is 1.92. The second-order valence-electron chi connectivity index (χ2n) is 6.04. The maximum absolute atomic E-state index is 10.3. The summed E-state index contributed by atoms with van der Waals surface area (Å²) in [6, 6.07) is 10.4. The van der Waals surface area contributed by atoms with Crippen LogP contribution in [0.25, 0.3) is 0 Å². The zero-order valence-corrected chi connectivity index (χ0v) is 11.8. The average Bonchev–Trinajstić information content (AvgIpc) is 2.74. The first-order valence-electron chi connectivity index (χ1n) is 7.61. The number of aliphatic hydroxyl groups excluding tert-OH is 2. The highest BCUT2D eigenvalue weighted by atomic mass is 16.3. The molecule has 3 heteroatoms. The molecule has 0 amide bonds. The first kappa shape index (κ1) is 12.7. The zero-order chi connectivity index (χ0) is 14.4. The van der Waals surface area contributed by atoms with E-state index in [2.05, 4.69) is 17.4 Å². The normalized spacial score (nSPS) is 28.3. The standard InChI is InChI=1S/C18H19NO2/c20-14-7-6-11-8-9-19-18(12-4-2-1-3-5-12)13-10-15(21)17(14)16(11)13/h1-5,10-11,18-21H,6-9H2/t11-,18+/m0/s1. The Bertz CT molecular complexity index is 670. The summed E-state index contributed by atoms with van der Waals surface area (Å²) in [5.74, 6) is 1.01. The smallest absolute Gasteiger partial charge is 0.126 e. The van der Waals surface area contributed by atoms with Crippen molar-refractivity contribution in [2.24, 2.45) is 5.92 Å². The maximum Gasteiger partial charge on any atom is 0.126 e. The number of rotatable bonds is 1. The monoisotopic (exact) mass is 281 g/mol. The molecule has 0 spiro atoms. The van der Waals surface area contributed by atoms with Crippen molar-refractivity contribution in [2.75, 3.05) is 6.54 Å². The van der Waals surface area contributed by atoms with Crippen LogP contribution < -0.4 is 5.32 Å². The van der Waals surface area contributed by atoms with E-state index >= 15 is 0 Å². The number of benzene rings is 1. The molecule has 21 heavy (non-hydrogen) atoms. The molecular formula is C18H19NO2. The predicted octanol–water partition coefficient (Wildman–Crippen LogP) is 3.70. The predicted molar refractivity (Wildman–Crippen MR) is 81.9 cm³/mol. The van der Waals surface area contributed by atoms with E-state index in [9.17, 15) is 10.2 Å². The minimum absolute atomic E-state index is 0.0942. The second kappa shape index (κ2) is 4.78. The van der Waals surface area contributed by atoms with E-state index in [4.69, 9.17) is 0 Å². The van der Waals surface area contributed by atoms with Crippen LogP contribution in [-0.4, -0.2) is 16.8 Å². The summed E-state index contributed by atoms with van der Waals surface area (Å²) in [7, 11) is 0. The van der Waals surface area contributed by atoms with Gasteiger partial charge in [0.15, 0.2) is 0 Å². The van der Waals surface area contributed by atoms with Crippen molar-refractivity contribution in [1.82, 2.24) is 5.32 Å². The van der Waals surface area contributed by atoms with Gasteiger partial charge in [-0.25, -0.2) is 0 Å². The van der Waals surface area contributed by atoms with E-state index in [-0.39, 0.29) is 11.8 Å². The lowest BCUT2D eigenvalue weighted by molar-refractivity contribution is 0.333. The molecule has 3 N–H and O–H groups in total. The van der Waals surface area contributed by atoms with Crippen LogP contribution in [0.2, 0.25) is 0 Å². The number of hydrogen-bond acceptors (Lipinski definition) is 3. The third-order valence-corrected chi connectivity index (χ3v) is 4.84. The molecule has 3 nitrogen and oxygen atoms in total. The Morgan fingerprint density at radius 1 is 1.05 bits per heavy atom. The van der Waals surface area contributed by atoms with Crippen LogP contribution in [0.5, 0.6) is 0 Å². The summed E-state index contributed by atoms with van der Waals surface area (Å²) in [4.78, 5) is 0. The first-order valence-corrected chi connectivity index (χ1v) is 7.61. The van der Waals surface area contributed by atoms with Gasteiger partial charge in [-0.2, -0.15) is 0 Å². The van der Waals surface area contributed by atoms with E-state index in [0.717, 1.165) is 30.5 Å². The Labute approximate surface area is 124 Å². The van der Waals surface area contributed by atoms with E-state index in [1.165, 1.54) is 5.56 Å². The number of allylic oxidation sites excluding steroid dienone is 2. The summed E-state index contributed by atoms with van der Waals surface area (Å²) in [6.07, 6.45) is 4.54. The quantitative estimate of drug-likeness (QED) is 0.735. The van der Waals surface area contributed by atoms with Gasteiger partial charge in [-0.3, -0.25) is 0 Å². The second-order valence-corrected chi connectivity index (χ2v) is 6.04. The Kier molecular flexibility index (Phi) is 2.89. The molecule has 1 heterocycles. The molecule has 108 valence electrons. The van der Waals surface area contributed by atoms with Gasteiger partial charge >= 0.3 is 0 Å². The number of nitrogens with one attached hydrogen (secondary N) is 1. The molecule has 0 aromatic heterocycles. The summed E-state index contributed by atoms with van der Waals surface area (Å²) in [5, 5.41) is 24.0. The molecule has 1 aromatic carbocycles.